The molecule has 0 unspecified atom stereocenters. The first-order chi connectivity index (χ1) is 13.2. The number of aliphatic imine (C=N–C) groups is 1. The van der Waals surface area contributed by atoms with E-state index >= 15 is 0 Å². The van der Waals surface area contributed by atoms with E-state index in [1.165, 1.54) is 12.8 Å². The van der Waals surface area contributed by atoms with Crippen LogP contribution in [0.4, 0.5) is 5.82 Å². The number of anilines is 1. The van der Waals surface area contributed by atoms with Crippen LogP contribution in [0.15, 0.2) is 35.3 Å². The van der Waals surface area contributed by atoms with Crippen molar-refractivity contribution in [1.82, 2.24) is 20.4 Å². The molecule has 4 N–H and O–H groups in total. The Morgan fingerprint density at radius 2 is 2.11 bits per heavy atom. The molecule has 0 radical (unpaired) electrons. The number of aromatic nitrogens is 2. The van der Waals surface area contributed by atoms with Crippen molar-refractivity contribution in [3.63, 3.8) is 0 Å². The van der Waals surface area contributed by atoms with Gasteiger partial charge < -0.3 is 16.4 Å². The molecule has 1 aliphatic carbocycles. The Morgan fingerprint density at radius 3 is 2.78 bits per heavy atom. The lowest BCUT2D eigenvalue weighted by molar-refractivity contribution is 0.718. The van der Waals surface area contributed by atoms with E-state index in [-0.39, 0.29) is 0 Å². The maximum absolute atomic E-state index is 9.47. The number of nitrogens with one attached hydrogen (secondary N) is 2. The van der Waals surface area contributed by atoms with Crippen LogP contribution in [-0.2, 0) is 6.42 Å². The van der Waals surface area contributed by atoms with E-state index in [1.807, 2.05) is 30.3 Å². The molecule has 1 saturated carbocycles. The van der Waals surface area contributed by atoms with E-state index in [0.29, 0.717) is 17.8 Å². The molecule has 1 aromatic carbocycles. The van der Waals surface area contributed by atoms with Gasteiger partial charge in [-0.15, -0.1) is 0 Å². The minimum absolute atomic E-state index is 0.394. The van der Waals surface area contributed by atoms with Crippen LogP contribution in [0.25, 0.3) is 5.69 Å². The van der Waals surface area contributed by atoms with Gasteiger partial charge in [0.25, 0.3) is 0 Å². The molecule has 1 aliphatic rings. The SMILES string of the molecule is CCNC(=NCC1CC1)NCCCc1nn(-c2ccccc2)c(N)c1C#N. The Labute approximate surface area is 160 Å². The fourth-order valence-corrected chi connectivity index (χ4v) is 2.87. The predicted molar refractivity (Wildman–Crippen MR) is 108 cm³/mol. The number of guanidine groups is 1. The molecule has 7 heteroatoms. The molecule has 0 atom stereocenters. The predicted octanol–water partition coefficient (Wildman–Crippen LogP) is 2.22. The standard InChI is InChI=1S/C20H27N7/c1-2-23-20(25-14-15-10-11-15)24-12-6-9-18-17(13-21)19(22)27(26-18)16-7-4-3-5-8-16/h3-5,7-8,15H,2,6,9-12,14,22H2,1H3,(H2,23,24,25). The summed E-state index contributed by atoms with van der Waals surface area (Å²) in [5.41, 5.74) is 8.21. The number of nitrogens with two attached hydrogens (primary N) is 1. The first kappa shape index (κ1) is 18.8. The van der Waals surface area contributed by atoms with Crippen molar-refractivity contribution in [3.05, 3.63) is 41.6 Å². The summed E-state index contributed by atoms with van der Waals surface area (Å²) in [5, 5.41) is 20.7. The van der Waals surface area contributed by atoms with Crippen LogP contribution in [0.5, 0.6) is 0 Å². The summed E-state index contributed by atoms with van der Waals surface area (Å²) in [7, 11) is 0. The molecular weight excluding hydrogens is 338 g/mol. The fourth-order valence-electron chi connectivity index (χ4n) is 2.87. The zero-order chi connectivity index (χ0) is 19.1. The van der Waals surface area contributed by atoms with E-state index in [0.717, 1.165) is 49.3 Å². The van der Waals surface area contributed by atoms with Crippen LogP contribution >= 0.6 is 0 Å². The molecular formula is C20H27N7. The number of rotatable bonds is 8. The highest BCUT2D eigenvalue weighted by Crippen LogP contribution is 2.28. The van der Waals surface area contributed by atoms with E-state index < -0.39 is 0 Å². The minimum Gasteiger partial charge on any atom is -0.382 e. The molecule has 0 spiro atoms. The Bertz CT molecular complexity index is 813. The molecule has 27 heavy (non-hydrogen) atoms. The Hall–Kier alpha value is -3.01. The summed E-state index contributed by atoms with van der Waals surface area (Å²) in [6, 6.07) is 11.8. The van der Waals surface area contributed by atoms with E-state index in [4.69, 9.17) is 5.73 Å². The van der Waals surface area contributed by atoms with Crippen LogP contribution in [0.1, 0.15) is 37.4 Å². The van der Waals surface area contributed by atoms with Crippen molar-refractivity contribution < 1.29 is 0 Å². The summed E-state index contributed by atoms with van der Waals surface area (Å²) in [4.78, 5) is 4.61. The van der Waals surface area contributed by atoms with Gasteiger partial charge in [-0.25, -0.2) is 4.68 Å². The third-order valence-corrected chi connectivity index (χ3v) is 4.54. The number of aryl methyl sites for hydroxylation is 1. The highest BCUT2D eigenvalue weighted by molar-refractivity contribution is 5.79. The molecule has 0 bridgehead atoms. The number of nitrogens with zero attached hydrogens (tertiary/aromatic N) is 4. The van der Waals surface area contributed by atoms with Gasteiger partial charge in [0.15, 0.2) is 5.96 Å². The minimum atomic E-state index is 0.394. The van der Waals surface area contributed by atoms with Gasteiger partial charge in [-0.2, -0.15) is 10.4 Å². The lowest BCUT2D eigenvalue weighted by Crippen LogP contribution is -2.38. The summed E-state index contributed by atoms with van der Waals surface area (Å²) in [6.45, 7) is 4.56. The van der Waals surface area contributed by atoms with Crippen LogP contribution in [0, 0.1) is 17.2 Å². The summed E-state index contributed by atoms with van der Waals surface area (Å²) >= 11 is 0. The number of nitriles is 1. The molecule has 0 saturated heterocycles. The third kappa shape index (κ3) is 5.00. The zero-order valence-corrected chi connectivity index (χ0v) is 15.8. The van der Waals surface area contributed by atoms with Gasteiger partial charge in [0.1, 0.15) is 17.5 Å². The quantitative estimate of drug-likeness (QED) is 0.378. The molecule has 2 aromatic rings. The largest absolute Gasteiger partial charge is 0.382 e. The second-order valence-electron chi connectivity index (χ2n) is 6.76. The second kappa shape index (κ2) is 9.08. The summed E-state index contributed by atoms with van der Waals surface area (Å²) < 4.78 is 1.64. The first-order valence-corrected chi connectivity index (χ1v) is 9.58. The summed E-state index contributed by atoms with van der Waals surface area (Å²) in [6.07, 6.45) is 4.12. The highest BCUT2D eigenvalue weighted by atomic mass is 15.3. The zero-order valence-electron chi connectivity index (χ0n) is 15.8. The molecule has 1 fully saturated rings. The third-order valence-electron chi connectivity index (χ3n) is 4.54. The Kier molecular flexibility index (Phi) is 6.31. The van der Waals surface area contributed by atoms with Gasteiger partial charge in [-0.1, -0.05) is 18.2 Å². The molecule has 1 heterocycles. The second-order valence-corrected chi connectivity index (χ2v) is 6.76. The topological polar surface area (TPSA) is 104 Å². The van der Waals surface area contributed by atoms with Crippen molar-refractivity contribution in [2.75, 3.05) is 25.4 Å². The normalized spacial score (nSPS) is 14.0. The smallest absolute Gasteiger partial charge is 0.191 e. The fraction of sp³-hybridized carbons (Fsp3) is 0.450. The van der Waals surface area contributed by atoms with Crippen LogP contribution < -0.4 is 16.4 Å². The van der Waals surface area contributed by atoms with Crippen molar-refractivity contribution in [1.29, 1.82) is 5.26 Å². The lowest BCUT2D eigenvalue weighted by Gasteiger charge is -2.10. The van der Waals surface area contributed by atoms with Gasteiger partial charge >= 0.3 is 0 Å². The van der Waals surface area contributed by atoms with E-state index in [1.54, 1.807) is 4.68 Å². The number of hydrogen-bond donors (Lipinski definition) is 3. The van der Waals surface area contributed by atoms with Crippen molar-refractivity contribution >= 4 is 11.8 Å². The summed E-state index contributed by atoms with van der Waals surface area (Å²) in [5.74, 6) is 2.02. The van der Waals surface area contributed by atoms with Crippen molar-refractivity contribution in [2.45, 2.75) is 32.6 Å². The monoisotopic (exact) mass is 365 g/mol. The molecule has 7 nitrogen and oxygen atoms in total. The number of hydrogen-bond acceptors (Lipinski definition) is 4. The highest BCUT2D eigenvalue weighted by Gasteiger charge is 2.20. The van der Waals surface area contributed by atoms with Gasteiger partial charge in [-0.05, 0) is 50.7 Å². The van der Waals surface area contributed by atoms with Crippen molar-refractivity contribution in [2.24, 2.45) is 10.9 Å². The number of benzene rings is 1. The molecule has 1 aromatic heterocycles. The van der Waals surface area contributed by atoms with E-state index in [9.17, 15) is 5.26 Å². The maximum atomic E-state index is 9.47. The van der Waals surface area contributed by atoms with E-state index in [2.05, 4.69) is 33.7 Å². The van der Waals surface area contributed by atoms with Gasteiger partial charge in [0, 0.05) is 19.6 Å². The molecule has 0 amide bonds. The van der Waals surface area contributed by atoms with Crippen LogP contribution in [-0.4, -0.2) is 35.4 Å². The lowest BCUT2D eigenvalue weighted by atomic mass is 10.1. The van der Waals surface area contributed by atoms with Crippen LogP contribution in [0.2, 0.25) is 0 Å². The molecule has 3 rings (SSSR count). The molecule has 0 aliphatic heterocycles. The number of para-hydroxylation sites is 1. The Morgan fingerprint density at radius 1 is 1.33 bits per heavy atom. The average Bonchev–Trinajstić information content (AvgIpc) is 3.46. The number of nitrogen functional groups attached to an aromatic ring is 1. The average molecular weight is 365 g/mol. The maximum Gasteiger partial charge on any atom is 0.191 e. The first-order valence-electron chi connectivity index (χ1n) is 9.58. The van der Waals surface area contributed by atoms with Crippen LogP contribution in [0.3, 0.4) is 0 Å². The van der Waals surface area contributed by atoms with Gasteiger partial charge in [0.05, 0.1) is 11.4 Å². The van der Waals surface area contributed by atoms with Gasteiger partial charge in [0.2, 0.25) is 0 Å². The van der Waals surface area contributed by atoms with Crippen molar-refractivity contribution in [3.8, 4) is 11.8 Å². The Balaban J connectivity index is 1.59. The molecule has 142 valence electrons. The van der Waals surface area contributed by atoms with Gasteiger partial charge in [-0.3, -0.25) is 4.99 Å².